The van der Waals surface area contributed by atoms with Gasteiger partial charge in [-0.3, -0.25) is 4.79 Å². The van der Waals surface area contributed by atoms with Crippen LogP contribution in [0.1, 0.15) is 6.92 Å². The highest BCUT2D eigenvalue weighted by atomic mass is 35.5. The van der Waals surface area contributed by atoms with Crippen LogP contribution in [-0.4, -0.2) is 28.8 Å². The van der Waals surface area contributed by atoms with E-state index in [2.05, 4.69) is 5.32 Å². The molecule has 0 aliphatic carbocycles. The van der Waals surface area contributed by atoms with Crippen LogP contribution in [-0.2, 0) is 9.59 Å². The predicted octanol–water partition coefficient (Wildman–Crippen LogP) is 2.02. The SMILES string of the molecule is CC(=O)NC(CSc1ccccc1Cl)C(=O)O. The molecular weight excluding hydrogens is 262 g/mol. The van der Waals surface area contributed by atoms with Crippen molar-refractivity contribution in [1.29, 1.82) is 0 Å². The molecule has 0 fully saturated rings. The number of benzene rings is 1. The third-order valence-electron chi connectivity index (χ3n) is 1.92. The van der Waals surface area contributed by atoms with E-state index in [0.29, 0.717) is 5.02 Å². The van der Waals surface area contributed by atoms with E-state index in [9.17, 15) is 9.59 Å². The molecule has 17 heavy (non-hydrogen) atoms. The molecule has 0 bridgehead atoms. The highest BCUT2D eigenvalue weighted by Crippen LogP contribution is 2.26. The average Bonchev–Trinajstić information content (AvgIpc) is 2.25. The summed E-state index contributed by atoms with van der Waals surface area (Å²) in [5.41, 5.74) is 0. The maximum Gasteiger partial charge on any atom is 0.327 e. The van der Waals surface area contributed by atoms with E-state index in [1.807, 2.05) is 6.07 Å². The lowest BCUT2D eigenvalue weighted by Crippen LogP contribution is -2.41. The average molecular weight is 274 g/mol. The van der Waals surface area contributed by atoms with Crippen LogP contribution in [0.4, 0.5) is 0 Å². The number of carbonyl (C=O) groups is 2. The van der Waals surface area contributed by atoms with E-state index >= 15 is 0 Å². The Kier molecular flexibility index (Phi) is 5.31. The van der Waals surface area contributed by atoms with E-state index in [1.54, 1.807) is 18.2 Å². The largest absolute Gasteiger partial charge is 0.480 e. The minimum atomic E-state index is -1.06. The summed E-state index contributed by atoms with van der Waals surface area (Å²) in [5, 5.41) is 11.8. The van der Waals surface area contributed by atoms with Gasteiger partial charge in [-0.1, -0.05) is 23.7 Å². The molecule has 1 amide bonds. The number of hydrogen-bond acceptors (Lipinski definition) is 3. The van der Waals surface area contributed by atoms with Gasteiger partial charge in [-0.15, -0.1) is 11.8 Å². The van der Waals surface area contributed by atoms with Crippen molar-refractivity contribution in [2.24, 2.45) is 0 Å². The maximum atomic E-state index is 10.9. The summed E-state index contributed by atoms with van der Waals surface area (Å²) >= 11 is 7.24. The van der Waals surface area contributed by atoms with Crippen molar-refractivity contribution in [3.63, 3.8) is 0 Å². The van der Waals surface area contributed by atoms with Crippen molar-refractivity contribution in [2.45, 2.75) is 17.9 Å². The molecule has 4 nitrogen and oxygen atoms in total. The third-order valence-corrected chi connectivity index (χ3v) is 3.53. The molecule has 1 aromatic carbocycles. The van der Waals surface area contributed by atoms with E-state index < -0.39 is 12.0 Å². The smallest absolute Gasteiger partial charge is 0.327 e. The highest BCUT2D eigenvalue weighted by Gasteiger charge is 2.18. The summed E-state index contributed by atoms with van der Waals surface area (Å²) in [6.45, 7) is 1.29. The zero-order chi connectivity index (χ0) is 12.8. The van der Waals surface area contributed by atoms with Crippen molar-refractivity contribution >= 4 is 35.2 Å². The second kappa shape index (κ2) is 6.51. The molecule has 0 aromatic heterocycles. The van der Waals surface area contributed by atoms with Crippen LogP contribution < -0.4 is 5.32 Å². The molecule has 2 N–H and O–H groups in total. The van der Waals surface area contributed by atoms with E-state index in [0.717, 1.165) is 4.90 Å². The van der Waals surface area contributed by atoms with Crippen molar-refractivity contribution in [2.75, 3.05) is 5.75 Å². The molecule has 0 saturated heterocycles. The normalized spacial score (nSPS) is 11.9. The van der Waals surface area contributed by atoms with Crippen LogP contribution >= 0.6 is 23.4 Å². The topological polar surface area (TPSA) is 66.4 Å². The van der Waals surface area contributed by atoms with Gasteiger partial charge in [0.25, 0.3) is 0 Å². The third kappa shape index (κ3) is 4.66. The van der Waals surface area contributed by atoms with Crippen LogP contribution in [0.2, 0.25) is 5.02 Å². The molecule has 0 aliphatic rings. The molecule has 1 atom stereocenters. The zero-order valence-electron chi connectivity index (χ0n) is 9.14. The van der Waals surface area contributed by atoms with Gasteiger partial charge in [-0.2, -0.15) is 0 Å². The summed E-state index contributed by atoms with van der Waals surface area (Å²) in [5.74, 6) is -1.18. The van der Waals surface area contributed by atoms with E-state index in [4.69, 9.17) is 16.7 Å². The lowest BCUT2D eigenvalue weighted by Gasteiger charge is -2.13. The van der Waals surface area contributed by atoms with Crippen LogP contribution in [0.3, 0.4) is 0 Å². The number of carboxylic acid groups (broad SMARTS) is 1. The lowest BCUT2D eigenvalue weighted by molar-refractivity contribution is -0.140. The summed E-state index contributed by atoms with van der Waals surface area (Å²) in [4.78, 5) is 22.5. The summed E-state index contributed by atoms with van der Waals surface area (Å²) in [6.07, 6.45) is 0. The minimum absolute atomic E-state index is 0.235. The fourth-order valence-electron chi connectivity index (χ4n) is 1.15. The van der Waals surface area contributed by atoms with Crippen LogP contribution in [0, 0.1) is 0 Å². The first-order valence-electron chi connectivity index (χ1n) is 4.88. The van der Waals surface area contributed by atoms with Crippen molar-refractivity contribution < 1.29 is 14.7 Å². The molecule has 0 radical (unpaired) electrons. The van der Waals surface area contributed by atoms with Gasteiger partial charge in [-0.05, 0) is 12.1 Å². The van der Waals surface area contributed by atoms with Gasteiger partial charge < -0.3 is 10.4 Å². The number of carbonyl (C=O) groups excluding carboxylic acids is 1. The molecule has 92 valence electrons. The van der Waals surface area contributed by atoms with Gasteiger partial charge in [0.2, 0.25) is 5.91 Å². The van der Waals surface area contributed by atoms with Crippen molar-refractivity contribution in [3.8, 4) is 0 Å². The second-order valence-electron chi connectivity index (χ2n) is 3.33. The molecule has 0 spiro atoms. The van der Waals surface area contributed by atoms with Crippen molar-refractivity contribution in [3.05, 3.63) is 29.3 Å². The quantitative estimate of drug-likeness (QED) is 0.806. The van der Waals surface area contributed by atoms with Gasteiger partial charge >= 0.3 is 5.97 Å². The highest BCUT2D eigenvalue weighted by molar-refractivity contribution is 7.99. The van der Waals surface area contributed by atoms with Gasteiger partial charge in [0, 0.05) is 17.6 Å². The Bertz CT molecular complexity index is 425. The predicted molar refractivity (Wildman–Crippen MR) is 67.4 cm³/mol. The maximum absolute atomic E-state index is 10.9. The first-order chi connectivity index (χ1) is 8.00. The zero-order valence-corrected chi connectivity index (χ0v) is 10.7. The summed E-state index contributed by atoms with van der Waals surface area (Å²) in [7, 11) is 0. The van der Waals surface area contributed by atoms with Gasteiger partial charge in [-0.25, -0.2) is 4.79 Å². The van der Waals surface area contributed by atoms with Gasteiger partial charge in [0.15, 0.2) is 0 Å². The fraction of sp³-hybridized carbons (Fsp3) is 0.273. The van der Waals surface area contributed by atoms with E-state index in [-0.39, 0.29) is 11.7 Å². The van der Waals surface area contributed by atoms with Gasteiger partial charge in [0.05, 0.1) is 5.02 Å². The standard InChI is InChI=1S/C11H12ClNO3S/c1-7(14)13-9(11(15)16)6-17-10-5-3-2-4-8(10)12/h2-5,9H,6H2,1H3,(H,13,14)(H,15,16). The number of hydrogen-bond donors (Lipinski definition) is 2. The molecule has 0 heterocycles. The lowest BCUT2D eigenvalue weighted by atomic mass is 10.3. The monoisotopic (exact) mass is 273 g/mol. The first-order valence-corrected chi connectivity index (χ1v) is 6.24. The molecular formula is C11H12ClNO3S. The Morgan fingerprint density at radius 1 is 1.47 bits per heavy atom. The molecule has 1 unspecified atom stereocenters. The van der Waals surface area contributed by atoms with Crippen molar-refractivity contribution in [1.82, 2.24) is 5.32 Å². The summed E-state index contributed by atoms with van der Waals surface area (Å²) < 4.78 is 0. The molecule has 6 heteroatoms. The second-order valence-corrected chi connectivity index (χ2v) is 4.80. The molecule has 0 aliphatic heterocycles. The number of amides is 1. The molecule has 1 rings (SSSR count). The Morgan fingerprint density at radius 3 is 2.65 bits per heavy atom. The Labute approximate surface area is 108 Å². The summed E-state index contributed by atoms with van der Waals surface area (Å²) in [6, 6.07) is 6.25. The molecule has 1 aromatic rings. The Hall–Kier alpha value is -1.20. The number of rotatable bonds is 5. The van der Waals surface area contributed by atoms with Gasteiger partial charge in [0.1, 0.15) is 6.04 Å². The van der Waals surface area contributed by atoms with Crippen LogP contribution in [0.5, 0.6) is 0 Å². The van der Waals surface area contributed by atoms with Crippen LogP contribution in [0.25, 0.3) is 0 Å². The van der Waals surface area contributed by atoms with E-state index in [1.165, 1.54) is 18.7 Å². The number of carboxylic acids is 1. The fourth-order valence-corrected chi connectivity index (χ4v) is 2.41. The number of thioether (sulfide) groups is 1. The minimum Gasteiger partial charge on any atom is -0.480 e. The Balaban J connectivity index is 2.61. The molecule has 0 saturated carbocycles. The number of nitrogens with one attached hydrogen (secondary N) is 1. The number of halogens is 1. The number of aliphatic carboxylic acids is 1. The Morgan fingerprint density at radius 2 is 2.12 bits per heavy atom. The van der Waals surface area contributed by atoms with Crippen LogP contribution in [0.15, 0.2) is 29.2 Å². The first kappa shape index (κ1) is 13.9.